The zero-order chi connectivity index (χ0) is 23.3. The molecule has 7 nitrogen and oxygen atoms in total. The summed E-state index contributed by atoms with van der Waals surface area (Å²) in [5, 5.41) is 3.18. The van der Waals surface area contributed by atoms with Crippen molar-refractivity contribution in [1.82, 2.24) is 4.90 Å². The lowest BCUT2D eigenvalue weighted by Crippen LogP contribution is -2.42. The maximum atomic E-state index is 13.2. The van der Waals surface area contributed by atoms with E-state index in [9.17, 15) is 19.2 Å². The first kappa shape index (κ1) is 23.5. The van der Waals surface area contributed by atoms with E-state index in [1.54, 1.807) is 42.5 Å². The highest BCUT2D eigenvalue weighted by atomic mass is 35.5. The minimum atomic E-state index is -0.528. The Hall–Kier alpha value is -3.19. The van der Waals surface area contributed by atoms with Crippen LogP contribution in [-0.2, 0) is 32.0 Å². The van der Waals surface area contributed by atoms with Gasteiger partial charge in [0, 0.05) is 30.0 Å². The molecule has 1 atom stereocenters. The number of carbonyl (C=O) groups excluding carboxylic acids is 4. The molecule has 1 aliphatic rings. The van der Waals surface area contributed by atoms with Gasteiger partial charge in [0.15, 0.2) is 5.78 Å². The predicted molar refractivity (Wildman–Crippen MR) is 121 cm³/mol. The molecule has 1 heterocycles. The molecule has 0 bridgehead atoms. The average Bonchev–Trinajstić information content (AvgIpc) is 2.88. The molecule has 8 heteroatoms. The van der Waals surface area contributed by atoms with Gasteiger partial charge < -0.3 is 10.1 Å². The number of nitrogens with one attached hydrogen (secondary N) is 1. The summed E-state index contributed by atoms with van der Waals surface area (Å²) in [5.74, 6) is -1.05. The standard InChI is InChI=1S/C24H25ClN2O5/c1-15(28)26-20-7-3-16(4-8-20)11-23(30)27-14-21(29)9-5-17(24(27)31)12-18-13-19(25)6-10-22(18)32-2/h3-4,6-8,10,13,17H,5,9,11-12,14H2,1-2H3,(H,26,28). The first-order chi connectivity index (χ1) is 15.3. The lowest BCUT2D eigenvalue weighted by Gasteiger charge is -2.23. The van der Waals surface area contributed by atoms with Crippen LogP contribution < -0.4 is 10.1 Å². The van der Waals surface area contributed by atoms with Crippen molar-refractivity contribution in [2.24, 2.45) is 5.92 Å². The number of ketones is 1. The molecule has 0 aliphatic carbocycles. The van der Waals surface area contributed by atoms with Crippen molar-refractivity contribution < 1.29 is 23.9 Å². The molecule has 3 rings (SSSR count). The second kappa shape index (κ2) is 10.4. The molecule has 168 valence electrons. The van der Waals surface area contributed by atoms with Gasteiger partial charge in [0.05, 0.1) is 20.1 Å². The van der Waals surface area contributed by atoms with Gasteiger partial charge in [-0.05, 0) is 54.3 Å². The van der Waals surface area contributed by atoms with Crippen molar-refractivity contribution in [1.29, 1.82) is 0 Å². The number of amides is 3. The molecule has 2 aromatic carbocycles. The topological polar surface area (TPSA) is 92.8 Å². The first-order valence-electron chi connectivity index (χ1n) is 10.3. The Morgan fingerprint density at radius 2 is 1.88 bits per heavy atom. The van der Waals surface area contributed by atoms with Crippen LogP contribution in [0.2, 0.25) is 5.02 Å². The van der Waals surface area contributed by atoms with E-state index in [-0.39, 0.29) is 37.0 Å². The average molecular weight is 457 g/mol. The summed E-state index contributed by atoms with van der Waals surface area (Å²) in [6.07, 6.45) is 0.897. The van der Waals surface area contributed by atoms with E-state index in [0.717, 1.165) is 10.5 Å². The fourth-order valence-electron chi connectivity index (χ4n) is 3.76. The van der Waals surface area contributed by atoms with E-state index in [4.69, 9.17) is 16.3 Å². The number of likely N-dealkylation sites (tertiary alicyclic amines) is 1. The molecule has 0 saturated carbocycles. The highest BCUT2D eigenvalue weighted by molar-refractivity contribution is 6.30. The van der Waals surface area contributed by atoms with E-state index in [1.807, 2.05) is 0 Å². The Kier molecular flexibility index (Phi) is 7.64. The number of ether oxygens (including phenoxy) is 1. The van der Waals surface area contributed by atoms with Crippen LogP contribution in [0.1, 0.15) is 30.9 Å². The second-order valence-electron chi connectivity index (χ2n) is 7.81. The Balaban J connectivity index is 1.76. The molecule has 1 saturated heterocycles. The second-order valence-corrected chi connectivity index (χ2v) is 8.24. The number of hydrogen-bond donors (Lipinski definition) is 1. The Morgan fingerprint density at radius 1 is 1.16 bits per heavy atom. The van der Waals surface area contributed by atoms with Gasteiger partial charge in [-0.15, -0.1) is 0 Å². The largest absolute Gasteiger partial charge is 0.496 e. The molecular weight excluding hydrogens is 432 g/mol. The zero-order valence-corrected chi connectivity index (χ0v) is 18.8. The Morgan fingerprint density at radius 3 is 2.53 bits per heavy atom. The number of imide groups is 1. The van der Waals surface area contributed by atoms with Crippen molar-refractivity contribution in [2.45, 2.75) is 32.6 Å². The van der Waals surface area contributed by atoms with E-state index in [2.05, 4.69) is 5.32 Å². The molecular formula is C24H25ClN2O5. The van der Waals surface area contributed by atoms with Gasteiger partial charge in [-0.25, -0.2) is 0 Å². The molecule has 0 aromatic heterocycles. The fraction of sp³-hybridized carbons (Fsp3) is 0.333. The van der Waals surface area contributed by atoms with Crippen LogP contribution in [0.25, 0.3) is 0 Å². The number of benzene rings is 2. The Bertz CT molecular complexity index is 1040. The van der Waals surface area contributed by atoms with Crippen molar-refractivity contribution in [3.63, 3.8) is 0 Å². The zero-order valence-electron chi connectivity index (χ0n) is 18.0. The summed E-state index contributed by atoms with van der Waals surface area (Å²) >= 11 is 6.11. The normalized spacial score (nSPS) is 16.5. The number of methoxy groups -OCH3 is 1. The van der Waals surface area contributed by atoms with E-state index < -0.39 is 11.8 Å². The number of nitrogens with zero attached hydrogens (tertiary/aromatic N) is 1. The van der Waals surface area contributed by atoms with Crippen LogP contribution in [-0.4, -0.2) is 42.1 Å². The highest BCUT2D eigenvalue weighted by Crippen LogP contribution is 2.29. The first-order valence-corrected chi connectivity index (χ1v) is 10.7. The number of hydrogen-bond acceptors (Lipinski definition) is 5. The Labute approximate surface area is 191 Å². The summed E-state index contributed by atoms with van der Waals surface area (Å²) in [6.45, 7) is 1.19. The summed E-state index contributed by atoms with van der Waals surface area (Å²) in [5.41, 5.74) is 2.06. The molecule has 2 aromatic rings. The molecule has 3 amide bonds. The molecule has 1 aliphatic heterocycles. The SMILES string of the molecule is COc1ccc(Cl)cc1CC1CCC(=O)CN(C(=O)Cc2ccc(NC(C)=O)cc2)C1=O. The smallest absolute Gasteiger partial charge is 0.234 e. The minimum Gasteiger partial charge on any atom is -0.496 e. The summed E-state index contributed by atoms with van der Waals surface area (Å²) in [4.78, 5) is 50.7. The summed E-state index contributed by atoms with van der Waals surface area (Å²) in [7, 11) is 1.54. The maximum absolute atomic E-state index is 13.2. The fourth-order valence-corrected chi connectivity index (χ4v) is 3.96. The number of anilines is 1. The molecule has 32 heavy (non-hydrogen) atoms. The van der Waals surface area contributed by atoms with Gasteiger partial charge in [0.2, 0.25) is 17.7 Å². The van der Waals surface area contributed by atoms with Crippen LogP contribution in [0.3, 0.4) is 0 Å². The number of halogens is 1. The third-order valence-corrected chi connectivity index (χ3v) is 5.60. The maximum Gasteiger partial charge on any atom is 0.234 e. The predicted octanol–water partition coefficient (Wildman–Crippen LogP) is 3.43. The number of carbonyl (C=O) groups is 4. The third-order valence-electron chi connectivity index (χ3n) is 5.36. The van der Waals surface area contributed by atoms with E-state index >= 15 is 0 Å². The monoisotopic (exact) mass is 456 g/mol. The lowest BCUT2D eigenvalue weighted by atomic mass is 9.93. The highest BCUT2D eigenvalue weighted by Gasteiger charge is 2.34. The molecule has 0 radical (unpaired) electrons. The molecule has 0 spiro atoms. The van der Waals surface area contributed by atoms with Gasteiger partial charge in [0.1, 0.15) is 5.75 Å². The van der Waals surface area contributed by atoms with Gasteiger partial charge in [-0.3, -0.25) is 24.1 Å². The summed E-state index contributed by atoms with van der Waals surface area (Å²) < 4.78 is 5.37. The molecule has 1 N–H and O–H groups in total. The van der Waals surface area contributed by atoms with E-state index in [1.165, 1.54) is 14.0 Å². The van der Waals surface area contributed by atoms with Crippen LogP contribution in [0.15, 0.2) is 42.5 Å². The van der Waals surface area contributed by atoms with Crippen molar-refractivity contribution in [3.05, 3.63) is 58.6 Å². The van der Waals surface area contributed by atoms with Crippen molar-refractivity contribution in [3.8, 4) is 5.75 Å². The van der Waals surface area contributed by atoms with Gasteiger partial charge in [-0.1, -0.05) is 23.7 Å². The van der Waals surface area contributed by atoms with Crippen LogP contribution >= 0.6 is 11.6 Å². The van der Waals surface area contributed by atoms with Crippen LogP contribution in [0, 0.1) is 5.92 Å². The number of rotatable bonds is 6. The minimum absolute atomic E-state index is 0.0213. The van der Waals surface area contributed by atoms with Gasteiger partial charge >= 0.3 is 0 Å². The third kappa shape index (κ3) is 5.95. The number of Topliss-reactive ketones (excluding diaryl/α,β-unsaturated/α-hetero) is 1. The van der Waals surface area contributed by atoms with Gasteiger partial charge in [0.25, 0.3) is 0 Å². The molecule has 1 unspecified atom stereocenters. The van der Waals surface area contributed by atoms with Crippen molar-refractivity contribution >= 4 is 40.8 Å². The van der Waals surface area contributed by atoms with Crippen LogP contribution in [0.4, 0.5) is 5.69 Å². The quantitative estimate of drug-likeness (QED) is 0.718. The van der Waals surface area contributed by atoms with Crippen molar-refractivity contribution in [2.75, 3.05) is 19.0 Å². The van der Waals surface area contributed by atoms with Gasteiger partial charge in [-0.2, -0.15) is 0 Å². The molecule has 1 fully saturated rings. The summed E-state index contributed by atoms with van der Waals surface area (Å²) in [6, 6.07) is 12.0. The lowest BCUT2D eigenvalue weighted by molar-refractivity contribution is -0.148. The van der Waals surface area contributed by atoms with Crippen LogP contribution in [0.5, 0.6) is 5.75 Å². The van der Waals surface area contributed by atoms with E-state index in [0.29, 0.717) is 34.9 Å².